The van der Waals surface area contributed by atoms with Gasteiger partial charge in [0.1, 0.15) is 12.1 Å². The van der Waals surface area contributed by atoms with Crippen LogP contribution in [0.4, 0.5) is 5.82 Å². The molecule has 4 aromatic rings. The van der Waals surface area contributed by atoms with E-state index in [4.69, 9.17) is 0 Å². The summed E-state index contributed by atoms with van der Waals surface area (Å²) in [6, 6.07) is 15.6. The standard InChI is InChI=1S/C20H19N5/c1-24-19-17(12-23-24)20(22-13-21-19)25-11-5-10-18(25)16-9-4-7-14-6-2-3-8-15(14)16/h2-4,6-9,12-13,18H,5,10-11H2,1H3/t18-/m1/s1. The van der Waals surface area contributed by atoms with Gasteiger partial charge in [0.25, 0.3) is 0 Å². The zero-order chi connectivity index (χ0) is 16.8. The molecule has 0 spiro atoms. The van der Waals surface area contributed by atoms with Crippen LogP contribution < -0.4 is 4.90 Å². The minimum Gasteiger partial charge on any atom is -0.349 e. The average molecular weight is 329 g/mol. The minimum absolute atomic E-state index is 0.337. The maximum atomic E-state index is 4.62. The van der Waals surface area contributed by atoms with Crippen molar-refractivity contribution in [1.29, 1.82) is 0 Å². The number of hydrogen-bond donors (Lipinski definition) is 0. The lowest BCUT2D eigenvalue weighted by Crippen LogP contribution is -2.24. The molecule has 1 aliphatic heterocycles. The Hall–Kier alpha value is -2.95. The number of rotatable bonds is 2. The maximum Gasteiger partial charge on any atom is 0.163 e. The lowest BCUT2D eigenvalue weighted by Gasteiger charge is -2.27. The van der Waals surface area contributed by atoms with Crippen LogP contribution >= 0.6 is 0 Å². The van der Waals surface area contributed by atoms with Gasteiger partial charge < -0.3 is 4.90 Å². The molecule has 0 N–H and O–H groups in total. The van der Waals surface area contributed by atoms with Crippen molar-refractivity contribution >= 4 is 27.6 Å². The molecule has 2 aromatic heterocycles. The molecule has 25 heavy (non-hydrogen) atoms. The highest BCUT2D eigenvalue weighted by molar-refractivity contribution is 5.89. The average Bonchev–Trinajstić information content (AvgIpc) is 3.28. The third kappa shape index (κ3) is 2.19. The number of fused-ring (bicyclic) bond motifs is 2. The van der Waals surface area contributed by atoms with Crippen LogP contribution in [0.2, 0.25) is 0 Å². The molecular formula is C20H19N5. The monoisotopic (exact) mass is 329 g/mol. The second-order valence-electron chi connectivity index (χ2n) is 6.62. The molecule has 0 radical (unpaired) electrons. The Balaban J connectivity index is 1.66. The van der Waals surface area contributed by atoms with E-state index in [0.29, 0.717) is 6.04 Å². The number of aromatic nitrogens is 4. The highest BCUT2D eigenvalue weighted by Gasteiger charge is 2.30. The van der Waals surface area contributed by atoms with Crippen molar-refractivity contribution in [3.63, 3.8) is 0 Å². The van der Waals surface area contributed by atoms with E-state index in [1.807, 2.05) is 17.9 Å². The first kappa shape index (κ1) is 14.4. The Morgan fingerprint density at radius 2 is 1.88 bits per heavy atom. The molecule has 5 heteroatoms. The van der Waals surface area contributed by atoms with Crippen LogP contribution in [0, 0.1) is 0 Å². The summed E-state index contributed by atoms with van der Waals surface area (Å²) in [5.41, 5.74) is 2.26. The third-order valence-corrected chi connectivity index (χ3v) is 5.22. The zero-order valence-corrected chi connectivity index (χ0v) is 14.1. The van der Waals surface area contributed by atoms with Crippen molar-refractivity contribution in [1.82, 2.24) is 19.7 Å². The SMILES string of the molecule is Cn1ncc2c(N3CCC[C@@H]3c3cccc4ccccc34)ncnc21. The highest BCUT2D eigenvalue weighted by Crippen LogP contribution is 2.40. The van der Waals surface area contributed by atoms with Gasteiger partial charge in [-0.2, -0.15) is 5.10 Å². The Bertz CT molecular complexity index is 1060. The van der Waals surface area contributed by atoms with Gasteiger partial charge in [-0.3, -0.25) is 4.68 Å². The van der Waals surface area contributed by atoms with Gasteiger partial charge in [-0.15, -0.1) is 0 Å². The molecule has 1 fully saturated rings. The molecule has 1 saturated heterocycles. The van der Waals surface area contributed by atoms with E-state index in [9.17, 15) is 0 Å². The number of benzene rings is 2. The largest absolute Gasteiger partial charge is 0.349 e. The quantitative estimate of drug-likeness (QED) is 0.560. The van der Waals surface area contributed by atoms with Crippen molar-refractivity contribution in [3.05, 3.63) is 60.6 Å². The molecule has 2 aromatic carbocycles. The van der Waals surface area contributed by atoms with Crippen molar-refractivity contribution < 1.29 is 0 Å². The Kier molecular flexibility index (Phi) is 3.20. The van der Waals surface area contributed by atoms with Gasteiger partial charge >= 0.3 is 0 Å². The van der Waals surface area contributed by atoms with Crippen molar-refractivity contribution in [2.75, 3.05) is 11.4 Å². The van der Waals surface area contributed by atoms with Gasteiger partial charge in [-0.05, 0) is 29.2 Å². The molecule has 5 nitrogen and oxygen atoms in total. The second-order valence-corrected chi connectivity index (χ2v) is 6.62. The van der Waals surface area contributed by atoms with Crippen LogP contribution in [0.5, 0.6) is 0 Å². The fraction of sp³-hybridized carbons (Fsp3) is 0.250. The second kappa shape index (κ2) is 5.55. The third-order valence-electron chi connectivity index (χ3n) is 5.22. The Morgan fingerprint density at radius 3 is 2.84 bits per heavy atom. The summed E-state index contributed by atoms with van der Waals surface area (Å²) in [5, 5.41) is 8.01. The first-order valence-electron chi connectivity index (χ1n) is 8.70. The fourth-order valence-corrected chi connectivity index (χ4v) is 4.06. The van der Waals surface area contributed by atoms with Crippen LogP contribution in [0.15, 0.2) is 55.0 Å². The summed E-state index contributed by atoms with van der Waals surface area (Å²) in [4.78, 5) is 11.4. The van der Waals surface area contributed by atoms with Crippen LogP contribution in [0.3, 0.4) is 0 Å². The molecular weight excluding hydrogens is 310 g/mol. The number of nitrogens with zero attached hydrogens (tertiary/aromatic N) is 5. The molecule has 5 rings (SSSR count). The van der Waals surface area contributed by atoms with E-state index in [-0.39, 0.29) is 0 Å². The molecule has 0 amide bonds. The van der Waals surface area contributed by atoms with Crippen molar-refractivity contribution in [2.24, 2.45) is 7.05 Å². The van der Waals surface area contributed by atoms with Gasteiger partial charge in [0.2, 0.25) is 0 Å². The van der Waals surface area contributed by atoms with Gasteiger partial charge in [-0.25, -0.2) is 9.97 Å². The Labute approximate surface area is 145 Å². The molecule has 0 aliphatic carbocycles. The van der Waals surface area contributed by atoms with E-state index in [1.165, 1.54) is 22.8 Å². The zero-order valence-electron chi connectivity index (χ0n) is 14.1. The van der Waals surface area contributed by atoms with E-state index in [2.05, 4.69) is 62.4 Å². The smallest absolute Gasteiger partial charge is 0.163 e. The topological polar surface area (TPSA) is 46.8 Å². The Morgan fingerprint density at radius 1 is 1.00 bits per heavy atom. The van der Waals surface area contributed by atoms with Crippen LogP contribution in [0.1, 0.15) is 24.4 Å². The van der Waals surface area contributed by atoms with Gasteiger partial charge in [0.15, 0.2) is 5.65 Å². The van der Waals surface area contributed by atoms with Crippen LogP contribution in [-0.4, -0.2) is 26.3 Å². The first-order valence-corrected chi connectivity index (χ1v) is 8.70. The van der Waals surface area contributed by atoms with Crippen molar-refractivity contribution in [2.45, 2.75) is 18.9 Å². The summed E-state index contributed by atoms with van der Waals surface area (Å²) in [5.74, 6) is 0.994. The predicted molar refractivity (Wildman–Crippen MR) is 99.6 cm³/mol. The summed E-state index contributed by atoms with van der Waals surface area (Å²) < 4.78 is 1.81. The summed E-state index contributed by atoms with van der Waals surface area (Å²) in [6.07, 6.45) is 5.83. The molecule has 3 heterocycles. The molecule has 0 unspecified atom stereocenters. The van der Waals surface area contributed by atoms with E-state index in [1.54, 1.807) is 6.33 Å². The molecule has 1 atom stereocenters. The minimum atomic E-state index is 0.337. The number of hydrogen-bond acceptors (Lipinski definition) is 4. The highest BCUT2D eigenvalue weighted by atomic mass is 15.3. The van der Waals surface area contributed by atoms with Gasteiger partial charge in [0.05, 0.1) is 17.6 Å². The molecule has 1 aliphatic rings. The van der Waals surface area contributed by atoms with E-state index < -0.39 is 0 Å². The summed E-state index contributed by atoms with van der Waals surface area (Å²) in [7, 11) is 1.92. The maximum absolute atomic E-state index is 4.62. The lowest BCUT2D eigenvalue weighted by molar-refractivity contribution is 0.718. The summed E-state index contributed by atoms with van der Waals surface area (Å²) in [6.45, 7) is 1.01. The summed E-state index contributed by atoms with van der Waals surface area (Å²) >= 11 is 0. The van der Waals surface area contributed by atoms with Crippen LogP contribution in [-0.2, 0) is 7.05 Å². The first-order chi connectivity index (χ1) is 12.3. The lowest BCUT2D eigenvalue weighted by atomic mass is 9.97. The normalized spacial score (nSPS) is 17.6. The van der Waals surface area contributed by atoms with Gasteiger partial charge in [-0.1, -0.05) is 42.5 Å². The van der Waals surface area contributed by atoms with E-state index in [0.717, 1.165) is 29.8 Å². The molecule has 0 bridgehead atoms. The predicted octanol–water partition coefficient (Wildman–Crippen LogP) is 3.86. The fourth-order valence-electron chi connectivity index (χ4n) is 4.06. The van der Waals surface area contributed by atoms with Gasteiger partial charge in [0, 0.05) is 13.6 Å². The molecule has 124 valence electrons. The number of anilines is 1. The van der Waals surface area contributed by atoms with E-state index >= 15 is 0 Å². The van der Waals surface area contributed by atoms with Crippen molar-refractivity contribution in [3.8, 4) is 0 Å². The number of aryl methyl sites for hydroxylation is 1. The molecule has 0 saturated carbocycles. The van der Waals surface area contributed by atoms with Crippen LogP contribution in [0.25, 0.3) is 21.8 Å².